The molecule has 22 heavy (non-hydrogen) atoms. The highest BCUT2D eigenvalue weighted by Crippen LogP contribution is 2.28. The van der Waals surface area contributed by atoms with E-state index in [9.17, 15) is 9.59 Å². The molecular formula is C17H15ClN2O2. The first-order valence-corrected chi connectivity index (χ1v) is 7.41. The van der Waals surface area contributed by atoms with E-state index in [1.807, 2.05) is 31.2 Å². The van der Waals surface area contributed by atoms with Crippen LogP contribution in [0.3, 0.4) is 0 Å². The summed E-state index contributed by atoms with van der Waals surface area (Å²) in [5.74, 6) is -1.20. The zero-order valence-corrected chi connectivity index (χ0v) is 12.9. The van der Waals surface area contributed by atoms with Crippen LogP contribution < -0.4 is 10.2 Å². The molecule has 1 aliphatic heterocycles. The summed E-state index contributed by atoms with van der Waals surface area (Å²) in [6, 6.07) is 12.8. The fourth-order valence-corrected chi connectivity index (χ4v) is 2.75. The fourth-order valence-electron chi connectivity index (χ4n) is 2.58. The maximum atomic E-state index is 12.4. The normalized spacial score (nSPS) is 12.9. The second kappa shape index (κ2) is 5.81. The molecule has 5 heteroatoms. The Balaban J connectivity index is 1.79. The molecule has 0 spiro atoms. The molecule has 2 aromatic rings. The second-order valence-corrected chi connectivity index (χ2v) is 5.69. The number of hydrogen-bond donors (Lipinski definition) is 1. The third-order valence-electron chi connectivity index (χ3n) is 3.77. The van der Waals surface area contributed by atoms with Gasteiger partial charge in [-0.05, 0) is 42.7 Å². The number of benzene rings is 2. The van der Waals surface area contributed by atoms with Crippen LogP contribution in [0.5, 0.6) is 0 Å². The minimum absolute atomic E-state index is 0.514. The Morgan fingerprint density at radius 3 is 2.77 bits per heavy atom. The first-order chi connectivity index (χ1) is 10.6. The summed E-state index contributed by atoms with van der Waals surface area (Å²) in [6.07, 6.45) is 0.769. The molecule has 0 saturated carbocycles. The van der Waals surface area contributed by atoms with Gasteiger partial charge in [-0.2, -0.15) is 0 Å². The zero-order chi connectivity index (χ0) is 15.7. The Labute approximate surface area is 133 Å². The number of nitrogens with zero attached hydrogens (tertiary/aromatic N) is 1. The van der Waals surface area contributed by atoms with Gasteiger partial charge in [-0.1, -0.05) is 35.9 Å². The van der Waals surface area contributed by atoms with Crippen LogP contribution in [0.15, 0.2) is 42.5 Å². The highest BCUT2D eigenvalue weighted by molar-refractivity contribution is 6.44. The van der Waals surface area contributed by atoms with Crippen molar-refractivity contribution in [3.05, 3.63) is 58.6 Å². The number of halogens is 1. The van der Waals surface area contributed by atoms with Gasteiger partial charge in [0.15, 0.2) is 0 Å². The summed E-state index contributed by atoms with van der Waals surface area (Å²) in [5.41, 5.74) is 3.30. The van der Waals surface area contributed by atoms with Crippen LogP contribution in [0, 0.1) is 6.92 Å². The van der Waals surface area contributed by atoms with Gasteiger partial charge in [-0.15, -0.1) is 0 Å². The summed E-state index contributed by atoms with van der Waals surface area (Å²) in [7, 11) is 0. The number of hydrogen-bond acceptors (Lipinski definition) is 2. The van der Waals surface area contributed by atoms with E-state index in [4.69, 9.17) is 11.6 Å². The van der Waals surface area contributed by atoms with E-state index in [1.54, 1.807) is 18.2 Å². The molecule has 2 aromatic carbocycles. The number of fused-ring (bicyclic) bond motifs is 1. The van der Waals surface area contributed by atoms with Gasteiger partial charge in [0.1, 0.15) is 0 Å². The maximum Gasteiger partial charge on any atom is 0.316 e. The van der Waals surface area contributed by atoms with Crippen molar-refractivity contribution in [1.82, 2.24) is 0 Å². The Morgan fingerprint density at radius 2 is 1.95 bits per heavy atom. The van der Waals surface area contributed by atoms with Crippen LogP contribution in [0.4, 0.5) is 11.4 Å². The van der Waals surface area contributed by atoms with Crippen molar-refractivity contribution in [3.8, 4) is 0 Å². The molecule has 0 bridgehead atoms. The fraction of sp³-hybridized carbons (Fsp3) is 0.176. The van der Waals surface area contributed by atoms with Crippen LogP contribution in [-0.4, -0.2) is 18.4 Å². The van der Waals surface area contributed by atoms with Crippen LogP contribution in [-0.2, 0) is 16.0 Å². The topological polar surface area (TPSA) is 49.4 Å². The molecule has 0 aliphatic carbocycles. The summed E-state index contributed by atoms with van der Waals surface area (Å²) in [5, 5.41) is 3.16. The lowest BCUT2D eigenvalue weighted by molar-refractivity contribution is -0.134. The second-order valence-electron chi connectivity index (χ2n) is 5.25. The van der Waals surface area contributed by atoms with Crippen LogP contribution in [0.25, 0.3) is 0 Å². The minimum Gasteiger partial charge on any atom is -0.317 e. The van der Waals surface area contributed by atoms with Gasteiger partial charge in [0.05, 0.1) is 0 Å². The number of rotatable bonds is 1. The third kappa shape index (κ3) is 2.70. The zero-order valence-electron chi connectivity index (χ0n) is 12.1. The van der Waals surface area contributed by atoms with E-state index >= 15 is 0 Å². The molecule has 4 nitrogen and oxygen atoms in total. The standard InChI is InChI=1S/C17H15ClN2O2/c1-11-6-7-13(18)10-14(11)19-16(21)17(22)20-9-8-12-4-2-3-5-15(12)20/h2-7,10H,8-9H2,1H3,(H,19,21). The van der Waals surface area contributed by atoms with Gasteiger partial charge < -0.3 is 10.2 Å². The minimum atomic E-state index is -0.651. The lowest BCUT2D eigenvalue weighted by Gasteiger charge is -2.17. The molecule has 0 radical (unpaired) electrons. The molecule has 0 aromatic heterocycles. The summed E-state index contributed by atoms with van der Waals surface area (Å²) >= 11 is 5.93. The monoisotopic (exact) mass is 314 g/mol. The van der Waals surface area contributed by atoms with Crippen LogP contribution in [0.1, 0.15) is 11.1 Å². The first-order valence-electron chi connectivity index (χ1n) is 7.03. The SMILES string of the molecule is Cc1ccc(Cl)cc1NC(=O)C(=O)N1CCc2ccccc21. The summed E-state index contributed by atoms with van der Waals surface area (Å²) < 4.78 is 0. The maximum absolute atomic E-state index is 12.4. The quantitative estimate of drug-likeness (QED) is 0.822. The van der Waals surface area contributed by atoms with Gasteiger partial charge in [0, 0.05) is 22.9 Å². The van der Waals surface area contributed by atoms with Gasteiger partial charge >= 0.3 is 11.8 Å². The van der Waals surface area contributed by atoms with Gasteiger partial charge in [-0.25, -0.2) is 0 Å². The number of carbonyl (C=O) groups is 2. The lowest BCUT2D eigenvalue weighted by Crippen LogP contribution is -2.38. The van der Waals surface area contributed by atoms with Crippen molar-refractivity contribution >= 4 is 34.8 Å². The number of aryl methyl sites for hydroxylation is 1. The molecule has 0 unspecified atom stereocenters. The molecule has 0 fully saturated rings. The van der Waals surface area contributed by atoms with Crippen molar-refractivity contribution in [1.29, 1.82) is 0 Å². The Morgan fingerprint density at radius 1 is 1.18 bits per heavy atom. The third-order valence-corrected chi connectivity index (χ3v) is 4.01. The van der Waals surface area contributed by atoms with Crippen molar-refractivity contribution in [2.75, 3.05) is 16.8 Å². The molecule has 2 amide bonds. The predicted molar refractivity (Wildman–Crippen MR) is 87.3 cm³/mol. The molecule has 0 saturated heterocycles. The Bertz CT molecular complexity index is 758. The van der Waals surface area contributed by atoms with E-state index in [1.165, 1.54) is 4.90 Å². The Hall–Kier alpha value is -2.33. The van der Waals surface area contributed by atoms with Crippen LogP contribution in [0.2, 0.25) is 5.02 Å². The summed E-state index contributed by atoms with van der Waals surface area (Å²) in [6.45, 7) is 2.38. The molecule has 3 rings (SSSR count). The Kier molecular flexibility index (Phi) is 3.86. The van der Waals surface area contributed by atoms with Crippen molar-refractivity contribution in [2.24, 2.45) is 0 Å². The highest BCUT2D eigenvalue weighted by atomic mass is 35.5. The molecule has 0 atom stereocenters. The lowest BCUT2D eigenvalue weighted by atomic mass is 10.2. The van der Waals surface area contributed by atoms with E-state index in [2.05, 4.69) is 5.32 Å². The van der Waals surface area contributed by atoms with Gasteiger partial charge in [0.25, 0.3) is 0 Å². The number of nitrogens with one attached hydrogen (secondary N) is 1. The average molecular weight is 315 g/mol. The average Bonchev–Trinajstić information content (AvgIpc) is 2.94. The summed E-state index contributed by atoms with van der Waals surface area (Å²) in [4.78, 5) is 26.1. The van der Waals surface area contributed by atoms with Gasteiger partial charge in [-0.3, -0.25) is 9.59 Å². The largest absolute Gasteiger partial charge is 0.317 e. The van der Waals surface area contributed by atoms with E-state index < -0.39 is 11.8 Å². The first kappa shape index (κ1) is 14.6. The number of anilines is 2. The van der Waals surface area contributed by atoms with Crippen molar-refractivity contribution in [3.63, 3.8) is 0 Å². The predicted octanol–water partition coefficient (Wildman–Crippen LogP) is 3.18. The highest BCUT2D eigenvalue weighted by Gasteiger charge is 2.29. The number of carbonyl (C=O) groups excluding carboxylic acids is 2. The number of amides is 2. The van der Waals surface area contributed by atoms with E-state index in [0.717, 1.165) is 23.2 Å². The van der Waals surface area contributed by atoms with Crippen molar-refractivity contribution < 1.29 is 9.59 Å². The van der Waals surface area contributed by atoms with E-state index in [0.29, 0.717) is 17.3 Å². The smallest absolute Gasteiger partial charge is 0.316 e. The van der Waals surface area contributed by atoms with E-state index in [-0.39, 0.29) is 0 Å². The molecule has 1 aliphatic rings. The molecule has 1 heterocycles. The van der Waals surface area contributed by atoms with Crippen LogP contribution >= 0.6 is 11.6 Å². The van der Waals surface area contributed by atoms with Gasteiger partial charge in [0.2, 0.25) is 0 Å². The molecule has 1 N–H and O–H groups in total. The molecular weight excluding hydrogens is 300 g/mol. The molecule has 112 valence electrons. The van der Waals surface area contributed by atoms with Crippen molar-refractivity contribution in [2.45, 2.75) is 13.3 Å². The number of para-hydroxylation sites is 1.